The lowest BCUT2D eigenvalue weighted by atomic mass is 9.80. The number of sulfonamides is 1. The highest BCUT2D eigenvalue weighted by atomic mass is 32.2. The number of rotatable bonds is 2. The summed E-state index contributed by atoms with van der Waals surface area (Å²) in [5, 5.41) is 0. The van der Waals surface area contributed by atoms with E-state index in [2.05, 4.69) is 0 Å². The second kappa shape index (κ2) is 5.20. The van der Waals surface area contributed by atoms with E-state index in [4.69, 9.17) is 0 Å². The molecule has 1 saturated heterocycles. The highest BCUT2D eigenvalue weighted by Crippen LogP contribution is 2.47. The maximum atomic E-state index is 12.9. The van der Waals surface area contributed by atoms with Crippen LogP contribution < -0.4 is 0 Å². The van der Waals surface area contributed by atoms with Gasteiger partial charge in [-0.1, -0.05) is 28.8 Å². The number of hydrogen-bond donors (Lipinski definition) is 0. The first kappa shape index (κ1) is 14.5. The Labute approximate surface area is 133 Å². The Bertz CT molecular complexity index is 718. The number of fused-ring (bicyclic) bond motifs is 2. The third kappa shape index (κ3) is 2.24. The lowest BCUT2D eigenvalue weighted by Crippen LogP contribution is -2.28. The van der Waals surface area contributed by atoms with E-state index >= 15 is 0 Å². The second-order valence-corrected chi connectivity index (χ2v) is 8.96. The summed E-state index contributed by atoms with van der Waals surface area (Å²) in [5.74, 6) is 1.23. The highest BCUT2D eigenvalue weighted by Gasteiger charge is 2.41. The SMILES string of the molecule is Cc1ccc(S(=O)(=O)N2CC3=C4CCC[C@H]4CC[C@H]3C2)cc1. The van der Waals surface area contributed by atoms with Crippen molar-refractivity contribution in [3.8, 4) is 0 Å². The standard InChI is InChI=1S/C18H23NO2S/c1-13-5-9-16(10-6-13)22(20,21)19-11-15-8-7-14-3-2-4-17(14)18(15)12-19/h5-6,9-10,14-15H,2-4,7-8,11-12H2,1H3/t14-,15-/m0/s1. The van der Waals surface area contributed by atoms with Crippen LogP contribution in [0, 0.1) is 18.8 Å². The zero-order valence-corrected chi connectivity index (χ0v) is 13.9. The van der Waals surface area contributed by atoms with E-state index < -0.39 is 10.0 Å². The molecule has 3 aliphatic rings. The van der Waals surface area contributed by atoms with Gasteiger partial charge in [-0.2, -0.15) is 4.31 Å². The van der Waals surface area contributed by atoms with E-state index in [9.17, 15) is 8.42 Å². The van der Waals surface area contributed by atoms with E-state index in [0.717, 1.165) is 11.5 Å². The summed E-state index contributed by atoms with van der Waals surface area (Å²) >= 11 is 0. The van der Waals surface area contributed by atoms with Crippen LogP contribution >= 0.6 is 0 Å². The molecule has 1 aromatic rings. The highest BCUT2D eigenvalue weighted by molar-refractivity contribution is 7.89. The fourth-order valence-corrected chi connectivity index (χ4v) is 5.94. The fraction of sp³-hybridized carbons (Fsp3) is 0.556. The topological polar surface area (TPSA) is 37.4 Å². The first-order chi connectivity index (χ1) is 10.6. The first-order valence-corrected chi connectivity index (χ1v) is 9.78. The summed E-state index contributed by atoms with van der Waals surface area (Å²) in [6, 6.07) is 7.24. The van der Waals surface area contributed by atoms with Crippen molar-refractivity contribution in [3.05, 3.63) is 41.0 Å². The molecule has 1 heterocycles. The lowest BCUT2D eigenvalue weighted by molar-refractivity contribution is 0.414. The van der Waals surface area contributed by atoms with E-state index in [-0.39, 0.29) is 0 Å². The van der Waals surface area contributed by atoms with Gasteiger partial charge in [-0.15, -0.1) is 0 Å². The Morgan fingerprint density at radius 3 is 2.50 bits per heavy atom. The van der Waals surface area contributed by atoms with E-state index in [1.54, 1.807) is 22.0 Å². The van der Waals surface area contributed by atoms with Gasteiger partial charge in [-0.05, 0) is 63.0 Å². The Kier molecular flexibility index (Phi) is 3.42. The predicted molar refractivity (Wildman–Crippen MR) is 87.0 cm³/mol. The Morgan fingerprint density at radius 2 is 1.73 bits per heavy atom. The van der Waals surface area contributed by atoms with E-state index in [0.29, 0.717) is 23.9 Å². The summed E-state index contributed by atoms with van der Waals surface area (Å²) < 4.78 is 27.5. The smallest absolute Gasteiger partial charge is 0.207 e. The van der Waals surface area contributed by atoms with Crippen LogP contribution in [0.15, 0.2) is 40.3 Å². The van der Waals surface area contributed by atoms with Crippen molar-refractivity contribution in [1.29, 1.82) is 0 Å². The van der Waals surface area contributed by atoms with Gasteiger partial charge in [0.15, 0.2) is 0 Å². The zero-order chi connectivity index (χ0) is 15.3. The number of allylic oxidation sites excluding steroid dienone is 1. The molecule has 2 aliphatic carbocycles. The van der Waals surface area contributed by atoms with Crippen LogP contribution in [-0.4, -0.2) is 25.8 Å². The summed E-state index contributed by atoms with van der Waals surface area (Å²) in [6.07, 6.45) is 6.25. The first-order valence-electron chi connectivity index (χ1n) is 8.34. The molecule has 0 bridgehead atoms. The molecule has 2 atom stereocenters. The predicted octanol–water partition coefficient (Wildman–Crippen LogP) is 3.51. The summed E-state index contributed by atoms with van der Waals surface area (Å²) in [6.45, 7) is 3.29. The van der Waals surface area contributed by atoms with Crippen molar-refractivity contribution in [2.75, 3.05) is 13.1 Å². The number of nitrogens with zero attached hydrogens (tertiary/aromatic N) is 1. The van der Waals surface area contributed by atoms with Crippen LogP contribution in [0.5, 0.6) is 0 Å². The molecule has 4 heteroatoms. The molecule has 4 rings (SSSR count). The van der Waals surface area contributed by atoms with Gasteiger partial charge in [0.05, 0.1) is 4.90 Å². The van der Waals surface area contributed by atoms with Gasteiger partial charge < -0.3 is 0 Å². The molecule has 0 spiro atoms. The van der Waals surface area contributed by atoms with Crippen LogP contribution in [0.3, 0.4) is 0 Å². The van der Waals surface area contributed by atoms with Gasteiger partial charge in [-0.25, -0.2) is 8.42 Å². The average molecular weight is 317 g/mol. The number of hydrogen-bond acceptors (Lipinski definition) is 2. The van der Waals surface area contributed by atoms with Crippen LogP contribution in [0.2, 0.25) is 0 Å². The summed E-state index contributed by atoms with van der Waals surface area (Å²) in [7, 11) is -3.34. The lowest BCUT2D eigenvalue weighted by Gasteiger charge is -2.25. The number of benzene rings is 1. The van der Waals surface area contributed by atoms with Gasteiger partial charge in [0.2, 0.25) is 10.0 Å². The largest absolute Gasteiger partial charge is 0.243 e. The molecule has 3 nitrogen and oxygen atoms in total. The van der Waals surface area contributed by atoms with Crippen molar-refractivity contribution >= 4 is 10.0 Å². The quantitative estimate of drug-likeness (QED) is 0.783. The molecule has 2 fully saturated rings. The van der Waals surface area contributed by atoms with Crippen molar-refractivity contribution in [2.45, 2.75) is 43.9 Å². The van der Waals surface area contributed by atoms with E-state index in [1.807, 2.05) is 19.1 Å². The van der Waals surface area contributed by atoms with Crippen molar-refractivity contribution in [1.82, 2.24) is 4.31 Å². The maximum absolute atomic E-state index is 12.9. The second-order valence-electron chi connectivity index (χ2n) is 7.02. The van der Waals surface area contributed by atoms with Gasteiger partial charge in [0.25, 0.3) is 0 Å². The van der Waals surface area contributed by atoms with Crippen molar-refractivity contribution in [2.24, 2.45) is 11.8 Å². The minimum Gasteiger partial charge on any atom is -0.207 e. The molecule has 1 saturated carbocycles. The monoisotopic (exact) mass is 317 g/mol. The van der Waals surface area contributed by atoms with Crippen LogP contribution in [0.4, 0.5) is 0 Å². The fourth-order valence-electron chi connectivity index (χ4n) is 4.47. The van der Waals surface area contributed by atoms with Gasteiger partial charge in [0, 0.05) is 13.1 Å². The van der Waals surface area contributed by atoms with Gasteiger partial charge in [0.1, 0.15) is 0 Å². The molecular weight excluding hydrogens is 294 g/mol. The average Bonchev–Trinajstić information content (AvgIpc) is 3.13. The Balaban J connectivity index is 1.65. The molecule has 22 heavy (non-hydrogen) atoms. The Morgan fingerprint density at radius 1 is 1.00 bits per heavy atom. The molecule has 0 radical (unpaired) electrons. The molecule has 0 amide bonds. The summed E-state index contributed by atoms with van der Waals surface area (Å²) in [4.78, 5) is 0.435. The molecule has 1 aromatic carbocycles. The minimum absolute atomic E-state index is 0.435. The summed E-state index contributed by atoms with van der Waals surface area (Å²) in [5.41, 5.74) is 4.16. The molecule has 1 aliphatic heterocycles. The van der Waals surface area contributed by atoms with Crippen molar-refractivity contribution in [3.63, 3.8) is 0 Å². The minimum atomic E-state index is -3.34. The molecule has 0 aromatic heterocycles. The van der Waals surface area contributed by atoms with Gasteiger partial charge in [-0.3, -0.25) is 0 Å². The van der Waals surface area contributed by atoms with Crippen LogP contribution in [0.1, 0.15) is 37.7 Å². The van der Waals surface area contributed by atoms with E-state index in [1.165, 1.54) is 37.7 Å². The molecule has 0 N–H and O–H groups in total. The van der Waals surface area contributed by atoms with Crippen LogP contribution in [0.25, 0.3) is 0 Å². The van der Waals surface area contributed by atoms with Gasteiger partial charge >= 0.3 is 0 Å². The Hall–Kier alpha value is -1.13. The third-order valence-electron chi connectivity index (χ3n) is 5.69. The molecule has 118 valence electrons. The third-order valence-corrected chi connectivity index (χ3v) is 7.52. The molecule has 0 unspecified atom stereocenters. The normalized spacial score (nSPS) is 28.8. The van der Waals surface area contributed by atoms with Crippen LogP contribution in [-0.2, 0) is 10.0 Å². The number of aryl methyl sites for hydroxylation is 1. The maximum Gasteiger partial charge on any atom is 0.243 e. The zero-order valence-electron chi connectivity index (χ0n) is 13.1. The molecular formula is C18H23NO2S. The van der Waals surface area contributed by atoms with Crippen molar-refractivity contribution < 1.29 is 8.42 Å².